The predicted molar refractivity (Wildman–Crippen MR) is 74.9 cm³/mol. The van der Waals surface area contributed by atoms with Gasteiger partial charge in [-0.25, -0.2) is 9.38 Å². The van der Waals surface area contributed by atoms with E-state index in [1.54, 1.807) is 12.1 Å². The Hall–Kier alpha value is -2.07. The second-order valence-electron chi connectivity index (χ2n) is 3.76. The van der Waals surface area contributed by atoms with Crippen LogP contribution in [0.1, 0.15) is 0 Å². The lowest BCUT2D eigenvalue weighted by Gasteiger charge is -2.08. The smallest absolute Gasteiger partial charge is 0.153 e. The first-order chi connectivity index (χ1) is 9.19. The van der Waals surface area contributed by atoms with Gasteiger partial charge in [-0.2, -0.15) is 0 Å². The summed E-state index contributed by atoms with van der Waals surface area (Å²) in [5.41, 5.74) is 5.86. The van der Waals surface area contributed by atoms with E-state index in [1.165, 1.54) is 18.2 Å². The molecule has 0 spiro atoms. The zero-order valence-corrected chi connectivity index (χ0v) is 10.8. The van der Waals surface area contributed by atoms with Crippen molar-refractivity contribution in [2.24, 2.45) is 10.7 Å². The number of amidine groups is 1. The molecule has 0 bridgehead atoms. The molecule has 0 saturated heterocycles. The molecule has 0 aliphatic heterocycles. The van der Waals surface area contributed by atoms with Gasteiger partial charge in [0.2, 0.25) is 0 Å². The van der Waals surface area contributed by atoms with Crippen LogP contribution in [0, 0.1) is 5.82 Å². The fourth-order valence-corrected chi connectivity index (χ4v) is 1.52. The van der Waals surface area contributed by atoms with Gasteiger partial charge in [-0.1, -0.05) is 18.2 Å². The minimum Gasteiger partial charge on any atom is -0.455 e. The molecule has 5 heteroatoms. The molecule has 2 rings (SSSR count). The molecule has 0 aromatic heterocycles. The molecule has 0 radical (unpaired) electrons. The Balaban J connectivity index is 2.35. The van der Waals surface area contributed by atoms with Gasteiger partial charge in [-0.05, 0) is 24.3 Å². The summed E-state index contributed by atoms with van der Waals surface area (Å²) < 4.78 is 18.9. The van der Waals surface area contributed by atoms with Crippen LogP contribution >= 0.6 is 11.6 Å². The average molecular weight is 279 g/mol. The van der Waals surface area contributed by atoms with Crippen LogP contribution in [0.2, 0.25) is 0 Å². The maximum Gasteiger partial charge on any atom is 0.153 e. The van der Waals surface area contributed by atoms with Crippen LogP contribution in [-0.2, 0) is 0 Å². The van der Waals surface area contributed by atoms with Crippen LogP contribution in [0.15, 0.2) is 53.5 Å². The van der Waals surface area contributed by atoms with Crippen molar-refractivity contribution in [1.82, 2.24) is 0 Å². The Morgan fingerprint density at radius 3 is 2.63 bits per heavy atom. The highest BCUT2D eigenvalue weighted by atomic mass is 35.5. The normalized spacial score (nSPS) is 11.4. The summed E-state index contributed by atoms with van der Waals surface area (Å²) in [5.74, 6) is 0.906. The van der Waals surface area contributed by atoms with E-state index in [1.807, 2.05) is 18.2 Å². The molecule has 2 aromatic carbocycles. The minimum absolute atomic E-state index is 0.0707. The summed E-state index contributed by atoms with van der Waals surface area (Å²) in [5, 5.41) is 0. The van der Waals surface area contributed by atoms with E-state index in [-0.39, 0.29) is 11.7 Å². The van der Waals surface area contributed by atoms with Crippen LogP contribution in [0.3, 0.4) is 0 Å². The zero-order chi connectivity index (χ0) is 13.7. The van der Waals surface area contributed by atoms with E-state index >= 15 is 0 Å². The molecule has 2 N–H and O–H groups in total. The number of nitrogens with two attached hydrogens (primary N) is 1. The van der Waals surface area contributed by atoms with Crippen molar-refractivity contribution in [3.8, 4) is 11.5 Å². The number of nitrogens with zero attached hydrogens (tertiary/aromatic N) is 1. The Kier molecular flexibility index (Phi) is 4.36. The Bertz CT molecular complexity index is 587. The van der Waals surface area contributed by atoms with E-state index < -0.39 is 5.82 Å². The molecule has 19 heavy (non-hydrogen) atoms. The van der Waals surface area contributed by atoms with E-state index in [2.05, 4.69) is 4.99 Å². The van der Waals surface area contributed by atoms with E-state index in [0.29, 0.717) is 17.2 Å². The molecule has 0 amide bonds. The van der Waals surface area contributed by atoms with Gasteiger partial charge in [0.05, 0.1) is 5.88 Å². The first-order valence-corrected chi connectivity index (χ1v) is 6.14. The van der Waals surface area contributed by atoms with Crippen molar-refractivity contribution in [1.29, 1.82) is 0 Å². The number of halogens is 2. The van der Waals surface area contributed by atoms with Crippen LogP contribution < -0.4 is 10.5 Å². The first kappa shape index (κ1) is 13.4. The van der Waals surface area contributed by atoms with Gasteiger partial charge in [-0.3, -0.25) is 0 Å². The number of hydrogen-bond donors (Lipinski definition) is 1. The topological polar surface area (TPSA) is 47.6 Å². The van der Waals surface area contributed by atoms with Crippen molar-refractivity contribution in [3.63, 3.8) is 0 Å². The molecular weight excluding hydrogens is 267 g/mol. The number of benzene rings is 2. The molecule has 2 aromatic rings. The quantitative estimate of drug-likeness (QED) is 0.525. The molecule has 0 unspecified atom stereocenters. The van der Waals surface area contributed by atoms with Crippen molar-refractivity contribution in [2.75, 3.05) is 5.88 Å². The van der Waals surface area contributed by atoms with Crippen LogP contribution in [0.4, 0.5) is 10.1 Å². The minimum atomic E-state index is -0.415. The lowest BCUT2D eigenvalue weighted by Crippen LogP contribution is -2.12. The summed E-state index contributed by atoms with van der Waals surface area (Å²) in [4.78, 5) is 4.03. The highest BCUT2D eigenvalue weighted by Gasteiger charge is 2.06. The third kappa shape index (κ3) is 3.69. The summed E-state index contributed by atoms with van der Waals surface area (Å²) >= 11 is 5.56. The third-order valence-corrected chi connectivity index (χ3v) is 2.57. The maximum absolute atomic E-state index is 13.2. The standard InChI is InChI=1S/C14H12ClFN2O/c15-9-14(17)18-12-8-10(16)6-7-13(12)19-11-4-2-1-3-5-11/h1-8H,9H2,(H2,17,18). The molecule has 98 valence electrons. The van der Waals surface area contributed by atoms with Crippen molar-refractivity contribution in [2.45, 2.75) is 0 Å². The van der Waals surface area contributed by atoms with E-state index in [4.69, 9.17) is 22.1 Å². The zero-order valence-electron chi connectivity index (χ0n) is 10.0. The number of alkyl halides is 1. The molecule has 0 aliphatic rings. The maximum atomic E-state index is 13.2. The van der Waals surface area contributed by atoms with Gasteiger partial charge in [0.25, 0.3) is 0 Å². The third-order valence-electron chi connectivity index (χ3n) is 2.29. The second kappa shape index (κ2) is 6.20. The van der Waals surface area contributed by atoms with Crippen molar-refractivity contribution >= 4 is 23.1 Å². The molecule has 0 atom stereocenters. The van der Waals surface area contributed by atoms with Gasteiger partial charge < -0.3 is 10.5 Å². The number of hydrogen-bond acceptors (Lipinski definition) is 2. The lowest BCUT2D eigenvalue weighted by atomic mass is 10.3. The highest BCUT2D eigenvalue weighted by Crippen LogP contribution is 2.32. The summed E-state index contributed by atoms with van der Waals surface area (Å²) in [7, 11) is 0. The number of aliphatic imine (C=N–C) groups is 1. The van der Waals surface area contributed by atoms with Crippen molar-refractivity contribution < 1.29 is 9.13 Å². The van der Waals surface area contributed by atoms with Gasteiger partial charge >= 0.3 is 0 Å². The largest absolute Gasteiger partial charge is 0.455 e. The summed E-state index contributed by atoms with van der Waals surface area (Å²) in [6.45, 7) is 0. The average Bonchev–Trinajstić information content (AvgIpc) is 2.43. The SMILES string of the molecule is NC(CCl)=Nc1cc(F)ccc1Oc1ccccc1. The Labute approximate surface area is 115 Å². The number of para-hydroxylation sites is 1. The fraction of sp³-hybridized carbons (Fsp3) is 0.0714. The monoisotopic (exact) mass is 278 g/mol. The van der Waals surface area contributed by atoms with Crippen molar-refractivity contribution in [3.05, 3.63) is 54.3 Å². The number of rotatable bonds is 4. The van der Waals surface area contributed by atoms with Gasteiger partial charge in [0.1, 0.15) is 23.1 Å². The predicted octanol–water partition coefficient (Wildman–Crippen LogP) is 3.85. The van der Waals surface area contributed by atoms with Gasteiger partial charge in [0.15, 0.2) is 5.75 Å². The molecule has 3 nitrogen and oxygen atoms in total. The number of ether oxygens (including phenoxy) is 1. The molecule has 0 heterocycles. The van der Waals surface area contributed by atoms with Crippen LogP contribution in [0.5, 0.6) is 11.5 Å². The highest BCUT2D eigenvalue weighted by molar-refractivity contribution is 6.28. The Morgan fingerprint density at radius 2 is 1.95 bits per heavy atom. The summed E-state index contributed by atoms with van der Waals surface area (Å²) in [6, 6.07) is 13.2. The first-order valence-electron chi connectivity index (χ1n) is 5.60. The van der Waals surface area contributed by atoms with E-state index in [9.17, 15) is 4.39 Å². The lowest BCUT2D eigenvalue weighted by molar-refractivity contribution is 0.482. The Morgan fingerprint density at radius 1 is 1.21 bits per heavy atom. The van der Waals surface area contributed by atoms with Gasteiger partial charge in [-0.15, -0.1) is 11.6 Å². The fourth-order valence-electron chi connectivity index (χ4n) is 1.46. The van der Waals surface area contributed by atoms with E-state index in [0.717, 1.165) is 0 Å². The van der Waals surface area contributed by atoms with Crippen LogP contribution in [0.25, 0.3) is 0 Å². The second-order valence-corrected chi connectivity index (χ2v) is 4.03. The molecule has 0 aliphatic carbocycles. The summed E-state index contributed by atoms with van der Waals surface area (Å²) in [6.07, 6.45) is 0. The molecule has 0 fully saturated rings. The molecule has 0 saturated carbocycles. The van der Waals surface area contributed by atoms with Crippen LogP contribution in [-0.4, -0.2) is 11.7 Å². The van der Waals surface area contributed by atoms with Gasteiger partial charge in [0, 0.05) is 6.07 Å². The molecular formula is C14H12ClFN2O.